The summed E-state index contributed by atoms with van der Waals surface area (Å²) < 4.78 is 18.3. The first-order valence-corrected chi connectivity index (χ1v) is 7.68. The number of carbonyl (C=O) groups is 1. The van der Waals surface area contributed by atoms with Crippen molar-refractivity contribution in [1.82, 2.24) is 10.6 Å². The fourth-order valence-electron chi connectivity index (χ4n) is 2.01. The number of para-hydroxylation sites is 1. The van der Waals surface area contributed by atoms with Gasteiger partial charge in [-0.2, -0.15) is 0 Å². The van der Waals surface area contributed by atoms with Crippen LogP contribution in [0.4, 0.5) is 9.18 Å². The Labute approximate surface area is 135 Å². The highest BCUT2D eigenvalue weighted by molar-refractivity contribution is 5.73. The average Bonchev–Trinajstić information content (AvgIpc) is 2.57. The largest absolute Gasteiger partial charge is 0.494 e. The number of rotatable bonds is 8. The molecule has 0 saturated heterocycles. The first-order valence-electron chi connectivity index (χ1n) is 7.68. The average molecular weight is 316 g/mol. The van der Waals surface area contributed by atoms with Crippen molar-refractivity contribution in [1.29, 1.82) is 0 Å². The zero-order valence-electron chi connectivity index (χ0n) is 12.9. The molecule has 0 saturated carbocycles. The maximum atomic E-state index is 12.8. The van der Waals surface area contributed by atoms with Gasteiger partial charge in [0.15, 0.2) is 0 Å². The van der Waals surface area contributed by atoms with E-state index in [4.69, 9.17) is 4.74 Å². The van der Waals surface area contributed by atoms with Crippen LogP contribution in [0.2, 0.25) is 0 Å². The van der Waals surface area contributed by atoms with Gasteiger partial charge in [-0.05, 0) is 42.7 Å². The molecule has 0 aliphatic carbocycles. The molecule has 0 radical (unpaired) electrons. The van der Waals surface area contributed by atoms with Crippen molar-refractivity contribution >= 4 is 6.03 Å². The van der Waals surface area contributed by atoms with Crippen molar-refractivity contribution in [3.8, 4) is 5.75 Å². The molecule has 2 rings (SSSR count). The Morgan fingerprint density at radius 3 is 2.39 bits per heavy atom. The third-order valence-electron chi connectivity index (χ3n) is 3.23. The first-order chi connectivity index (χ1) is 11.2. The molecule has 0 aliphatic heterocycles. The number of halogens is 1. The molecule has 2 N–H and O–H groups in total. The van der Waals surface area contributed by atoms with Gasteiger partial charge in [-0.15, -0.1) is 0 Å². The first kappa shape index (κ1) is 16.8. The van der Waals surface area contributed by atoms with E-state index in [0.717, 1.165) is 17.7 Å². The van der Waals surface area contributed by atoms with Gasteiger partial charge in [0.2, 0.25) is 0 Å². The molecule has 2 aromatic rings. The van der Waals surface area contributed by atoms with Gasteiger partial charge >= 0.3 is 6.03 Å². The third kappa shape index (κ3) is 6.82. The van der Waals surface area contributed by atoms with Crippen molar-refractivity contribution in [2.24, 2.45) is 0 Å². The molecule has 2 amide bonds. The molecule has 0 aliphatic rings. The Bertz CT molecular complexity index is 588. The molecular weight excluding hydrogens is 295 g/mol. The van der Waals surface area contributed by atoms with Crippen LogP contribution < -0.4 is 15.4 Å². The van der Waals surface area contributed by atoms with Crippen LogP contribution >= 0.6 is 0 Å². The van der Waals surface area contributed by atoms with Crippen molar-refractivity contribution in [3.63, 3.8) is 0 Å². The second-order valence-electron chi connectivity index (χ2n) is 5.07. The smallest absolute Gasteiger partial charge is 0.314 e. The molecule has 2 aromatic carbocycles. The predicted octanol–water partition coefficient (Wildman–Crippen LogP) is 3.14. The maximum Gasteiger partial charge on any atom is 0.314 e. The lowest BCUT2D eigenvalue weighted by Crippen LogP contribution is -2.37. The molecule has 23 heavy (non-hydrogen) atoms. The Morgan fingerprint density at radius 2 is 1.65 bits per heavy atom. The van der Waals surface area contributed by atoms with E-state index >= 15 is 0 Å². The second-order valence-corrected chi connectivity index (χ2v) is 5.07. The highest BCUT2D eigenvalue weighted by atomic mass is 19.1. The molecule has 4 nitrogen and oxygen atoms in total. The molecule has 0 spiro atoms. The monoisotopic (exact) mass is 316 g/mol. The lowest BCUT2D eigenvalue weighted by Gasteiger charge is -2.09. The molecule has 0 heterocycles. The van der Waals surface area contributed by atoms with Crippen LogP contribution in [0.5, 0.6) is 5.75 Å². The zero-order chi connectivity index (χ0) is 16.3. The summed E-state index contributed by atoms with van der Waals surface area (Å²) in [4.78, 5) is 11.6. The van der Waals surface area contributed by atoms with Crippen molar-refractivity contribution < 1.29 is 13.9 Å². The number of carbonyl (C=O) groups excluding carboxylic acids is 1. The van der Waals surface area contributed by atoms with E-state index in [1.807, 2.05) is 30.3 Å². The summed E-state index contributed by atoms with van der Waals surface area (Å²) in [5.74, 6) is 0.577. The summed E-state index contributed by atoms with van der Waals surface area (Å²) in [6.07, 6.45) is 1.41. The SMILES string of the molecule is O=C(NCCCOc1ccccc1)NCCc1ccc(F)cc1. The van der Waals surface area contributed by atoms with E-state index in [1.54, 1.807) is 12.1 Å². The van der Waals surface area contributed by atoms with Gasteiger partial charge in [-0.1, -0.05) is 30.3 Å². The van der Waals surface area contributed by atoms with E-state index in [2.05, 4.69) is 10.6 Å². The van der Waals surface area contributed by atoms with Crippen LogP contribution in [0, 0.1) is 5.82 Å². The van der Waals surface area contributed by atoms with E-state index in [0.29, 0.717) is 26.1 Å². The van der Waals surface area contributed by atoms with Gasteiger partial charge in [0.25, 0.3) is 0 Å². The van der Waals surface area contributed by atoms with E-state index in [1.165, 1.54) is 12.1 Å². The van der Waals surface area contributed by atoms with Gasteiger partial charge in [0.05, 0.1) is 6.61 Å². The van der Waals surface area contributed by atoms with E-state index in [-0.39, 0.29) is 11.8 Å². The summed E-state index contributed by atoms with van der Waals surface area (Å²) in [5.41, 5.74) is 0.989. The van der Waals surface area contributed by atoms with Crippen LogP contribution in [0.1, 0.15) is 12.0 Å². The van der Waals surface area contributed by atoms with Crippen molar-refractivity contribution in [3.05, 3.63) is 66.0 Å². The zero-order valence-corrected chi connectivity index (χ0v) is 12.9. The quantitative estimate of drug-likeness (QED) is 0.735. The normalized spacial score (nSPS) is 10.1. The molecule has 0 bridgehead atoms. The number of hydrogen-bond donors (Lipinski definition) is 2. The molecular formula is C18H21FN2O2. The maximum absolute atomic E-state index is 12.8. The van der Waals surface area contributed by atoms with Crippen LogP contribution in [-0.4, -0.2) is 25.7 Å². The summed E-state index contributed by atoms with van der Waals surface area (Å²) in [6.45, 7) is 1.62. The highest BCUT2D eigenvalue weighted by Gasteiger charge is 2.00. The molecule has 5 heteroatoms. The number of nitrogens with one attached hydrogen (secondary N) is 2. The van der Waals surface area contributed by atoms with Crippen LogP contribution in [0.3, 0.4) is 0 Å². The Hall–Kier alpha value is -2.56. The van der Waals surface area contributed by atoms with Crippen LogP contribution in [0.15, 0.2) is 54.6 Å². The van der Waals surface area contributed by atoms with Gasteiger partial charge in [0, 0.05) is 13.1 Å². The Morgan fingerprint density at radius 1 is 0.957 bits per heavy atom. The lowest BCUT2D eigenvalue weighted by molar-refractivity contribution is 0.239. The molecule has 0 aromatic heterocycles. The summed E-state index contributed by atoms with van der Waals surface area (Å²) in [7, 11) is 0. The summed E-state index contributed by atoms with van der Waals surface area (Å²) >= 11 is 0. The minimum Gasteiger partial charge on any atom is -0.494 e. The molecule has 0 unspecified atom stereocenters. The van der Waals surface area contributed by atoms with Gasteiger partial charge in [0.1, 0.15) is 11.6 Å². The van der Waals surface area contributed by atoms with Gasteiger partial charge < -0.3 is 15.4 Å². The van der Waals surface area contributed by atoms with Gasteiger partial charge in [-0.25, -0.2) is 9.18 Å². The highest BCUT2D eigenvalue weighted by Crippen LogP contribution is 2.08. The topological polar surface area (TPSA) is 50.4 Å². The standard InChI is InChI=1S/C18H21FN2O2/c19-16-9-7-15(8-10-16)11-13-21-18(22)20-12-4-14-23-17-5-2-1-3-6-17/h1-3,5-10H,4,11-14H2,(H2,20,21,22). The van der Waals surface area contributed by atoms with Crippen molar-refractivity contribution in [2.45, 2.75) is 12.8 Å². The predicted molar refractivity (Wildman–Crippen MR) is 88.1 cm³/mol. The van der Waals surface area contributed by atoms with E-state index in [9.17, 15) is 9.18 Å². The number of hydrogen-bond acceptors (Lipinski definition) is 2. The Balaban J connectivity index is 1.51. The molecule has 0 fully saturated rings. The summed E-state index contributed by atoms with van der Waals surface area (Å²) in [6, 6.07) is 15.6. The second kappa shape index (κ2) is 9.46. The minimum absolute atomic E-state index is 0.202. The fraction of sp³-hybridized carbons (Fsp3) is 0.278. The lowest BCUT2D eigenvalue weighted by atomic mass is 10.1. The van der Waals surface area contributed by atoms with Gasteiger partial charge in [-0.3, -0.25) is 0 Å². The number of urea groups is 1. The van der Waals surface area contributed by atoms with E-state index < -0.39 is 0 Å². The minimum atomic E-state index is -0.253. The number of amides is 2. The fourth-order valence-corrected chi connectivity index (χ4v) is 2.01. The van der Waals surface area contributed by atoms with Crippen molar-refractivity contribution in [2.75, 3.05) is 19.7 Å². The number of ether oxygens (including phenoxy) is 1. The summed E-state index contributed by atoms with van der Waals surface area (Å²) in [5, 5.41) is 5.54. The van der Waals surface area contributed by atoms with Crippen LogP contribution in [0.25, 0.3) is 0 Å². The van der Waals surface area contributed by atoms with Crippen LogP contribution in [-0.2, 0) is 6.42 Å². The number of benzene rings is 2. The molecule has 0 atom stereocenters. The molecule has 122 valence electrons. The Kier molecular flexibility index (Phi) is 6.91. The third-order valence-corrected chi connectivity index (χ3v) is 3.23.